The maximum atomic E-state index is 12.6. The zero-order valence-electron chi connectivity index (χ0n) is 8.58. The summed E-state index contributed by atoms with van der Waals surface area (Å²) >= 11 is 5.73. The van der Waals surface area contributed by atoms with Gasteiger partial charge in [-0.05, 0) is 0 Å². The molecule has 1 N–H and O–H groups in total. The van der Waals surface area contributed by atoms with E-state index in [-0.39, 0.29) is 17.5 Å². The van der Waals surface area contributed by atoms with Gasteiger partial charge in [-0.3, -0.25) is 0 Å². The lowest BCUT2D eigenvalue weighted by atomic mass is 10.0. The van der Waals surface area contributed by atoms with Crippen molar-refractivity contribution in [2.45, 2.75) is 18.2 Å². The number of hydrogen-bond donors (Lipinski definition) is 1. The summed E-state index contributed by atoms with van der Waals surface area (Å²) in [6, 6.07) is 0. The molecule has 0 saturated carbocycles. The maximum Gasteiger partial charge on any atom is 0.418 e. The lowest BCUT2D eigenvalue weighted by molar-refractivity contribution is -0.250. The molecule has 0 amide bonds. The van der Waals surface area contributed by atoms with Crippen molar-refractivity contribution in [3.05, 3.63) is 17.5 Å². The van der Waals surface area contributed by atoms with E-state index < -0.39 is 24.7 Å². The quantitative estimate of drug-likeness (QED) is 0.840. The smallest absolute Gasteiger partial charge is 0.379 e. The molecule has 0 aliphatic carbocycles. The molecule has 1 fully saturated rings. The molecular formula is C9H9ClF3N3O. The summed E-state index contributed by atoms with van der Waals surface area (Å²) in [6.45, 7) is -0.538. The Hall–Kier alpha value is -1.08. The monoisotopic (exact) mass is 267 g/mol. The molecule has 1 aliphatic rings. The van der Waals surface area contributed by atoms with E-state index in [2.05, 4.69) is 9.97 Å². The predicted octanol–water partition coefficient (Wildman–Crippen LogP) is 1.63. The SMILES string of the molecule is O[C@]1(C(F)(F)F)CCN(c2nccnc2Cl)C1. The van der Waals surface area contributed by atoms with Gasteiger partial charge in [0.1, 0.15) is 0 Å². The van der Waals surface area contributed by atoms with E-state index in [1.807, 2.05) is 0 Å². The van der Waals surface area contributed by atoms with E-state index in [9.17, 15) is 18.3 Å². The molecule has 1 saturated heterocycles. The van der Waals surface area contributed by atoms with Crippen LogP contribution in [0.5, 0.6) is 0 Å². The number of halogens is 4. The Labute approximate surface area is 100 Å². The molecule has 2 rings (SSSR count). The average molecular weight is 268 g/mol. The van der Waals surface area contributed by atoms with Crippen LogP contribution in [0.1, 0.15) is 6.42 Å². The van der Waals surface area contributed by atoms with Crippen LogP contribution in [0.4, 0.5) is 19.0 Å². The fourth-order valence-electron chi connectivity index (χ4n) is 1.73. The minimum atomic E-state index is -4.66. The highest BCUT2D eigenvalue weighted by molar-refractivity contribution is 6.31. The van der Waals surface area contributed by atoms with Crippen LogP contribution in [0.3, 0.4) is 0 Å². The van der Waals surface area contributed by atoms with Crippen LogP contribution in [-0.4, -0.2) is 39.9 Å². The van der Waals surface area contributed by atoms with Crippen molar-refractivity contribution in [3.63, 3.8) is 0 Å². The second-order valence-corrected chi connectivity index (χ2v) is 4.23. The van der Waals surface area contributed by atoms with Crippen molar-refractivity contribution >= 4 is 17.4 Å². The van der Waals surface area contributed by atoms with Gasteiger partial charge in [0.05, 0.1) is 6.54 Å². The summed E-state index contributed by atoms with van der Waals surface area (Å²) in [4.78, 5) is 8.87. The van der Waals surface area contributed by atoms with Crippen LogP contribution < -0.4 is 4.90 Å². The Kier molecular flexibility index (Phi) is 2.90. The molecule has 0 radical (unpaired) electrons. The molecule has 4 nitrogen and oxygen atoms in total. The number of aromatic nitrogens is 2. The molecular weight excluding hydrogens is 259 g/mol. The van der Waals surface area contributed by atoms with Crippen molar-refractivity contribution in [3.8, 4) is 0 Å². The first-order valence-electron chi connectivity index (χ1n) is 4.84. The molecule has 0 bridgehead atoms. The first-order valence-corrected chi connectivity index (χ1v) is 5.22. The zero-order chi connectivity index (χ0) is 12.7. The maximum absolute atomic E-state index is 12.6. The fourth-order valence-corrected chi connectivity index (χ4v) is 1.96. The topological polar surface area (TPSA) is 49.2 Å². The van der Waals surface area contributed by atoms with Gasteiger partial charge in [0.25, 0.3) is 0 Å². The number of rotatable bonds is 1. The molecule has 1 aliphatic heterocycles. The largest absolute Gasteiger partial charge is 0.418 e. The summed E-state index contributed by atoms with van der Waals surface area (Å²) in [5, 5.41) is 9.52. The second-order valence-electron chi connectivity index (χ2n) is 3.87. The molecule has 0 aromatic carbocycles. The highest BCUT2D eigenvalue weighted by Gasteiger charge is 2.57. The van der Waals surface area contributed by atoms with Crippen LogP contribution in [0.25, 0.3) is 0 Å². The number of β-amino-alcohol motifs (C(OH)–C–C–N with tert-alkyl or cyclic N) is 1. The van der Waals surface area contributed by atoms with Crippen LogP contribution in [0.2, 0.25) is 5.15 Å². The van der Waals surface area contributed by atoms with Gasteiger partial charge >= 0.3 is 6.18 Å². The van der Waals surface area contributed by atoms with E-state index in [1.165, 1.54) is 17.3 Å². The van der Waals surface area contributed by atoms with Crippen LogP contribution in [-0.2, 0) is 0 Å². The van der Waals surface area contributed by atoms with E-state index in [0.717, 1.165) is 0 Å². The van der Waals surface area contributed by atoms with Crippen molar-refractivity contribution < 1.29 is 18.3 Å². The Morgan fingerprint density at radius 2 is 2.00 bits per heavy atom. The standard InChI is InChI=1S/C9H9ClF3N3O/c10-6-7(15-3-2-14-6)16-4-1-8(17,5-16)9(11,12)13/h2-3,17H,1,4-5H2/t8-/m1/s1. The molecule has 0 spiro atoms. The first-order chi connectivity index (χ1) is 7.83. The number of hydrogen-bond acceptors (Lipinski definition) is 4. The van der Waals surface area contributed by atoms with E-state index in [4.69, 9.17) is 11.6 Å². The van der Waals surface area contributed by atoms with E-state index in [1.54, 1.807) is 0 Å². The number of nitrogens with zero attached hydrogens (tertiary/aromatic N) is 3. The number of alkyl halides is 3. The van der Waals surface area contributed by atoms with Crippen LogP contribution in [0.15, 0.2) is 12.4 Å². The third kappa shape index (κ3) is 2.16. The first kappa shape index (κ1) is 12.4. The fraction of sp³-hybridized carbons (Fsp3) is 0.556. The van der Waals surface area contributed by atoms with Crippen molar-refractivity contribution in [2.75, 3.05) is 18.0 Å². The van der Waals surface area contributed by atoms with Gasteiger partial charge in [0.2, 0.25) is 0 Å². The van der Waals surface area contributed by atoms with Crippen molar-refractivity contribution in [1.29, 1.82) is 0 Å². The van der Waals surface area contributed by atoms with E-state index >= 15 is 0 Å². The molecule has 1 aromatic heterocycles. The van der Waals surface area contributed by atoms with Gasteiger partial charge in [0.15, 0.2) is 16.6 Å². The van der Waals surface area contributed by atoms with Gasteiger partial charge < -0.3 is 10.0 Å². The highest BCUT2D eigenvalue weighted by Crippen LogP contribution is 2.39. The lowest BCUT2D eigenvalue weighted by Crippen LogP contribution is -2.47. The summed E-state index contributed by atoms with van der Waals surface area (Å²) in [5.41, 5.74) is -2.70. The minimum absolute atomic E-state index is 0.0268. The van der Waals surface area contributed by atoms with E-state index in [0.29, 0.717) is 0 Å². The Bertz CT molecular complexity index is 428. The van der Waals surface area contributed by atoms with Crippen LogP contribution in [0, 0.1) is 0 Å². The van der Waals surface area contributed by atoms with Crippen LogP contribution >= 0.6 is 11.6 Å². The minimum Gasteiger partial charge on any atom is -0.379 e. The summed E-state index contributed by atoms with van der Waals surface area (Å²) < 4.78 is 37.8. The van der Waals surface area contributed by atoms with Crippen molar-refractivity contribution in [2.24, 2.45) is 0 Å². The Balaban J connectivity index is 2.22. The Morgan fingerprint density at radius 1 is 1.35 bits per heavy atom. The molecule has 0 unspecified atom stereocenters. The van der Waals surface area contributed by atoms with Gasteiger partial charge in [-0.15, -0.1) is 0 Å². The molecule has 17 heavy (non-hydrogen) atoms. The summed E-state index contributed by atoms with van der Waals surface area (Å²) in [7, 11) is 0. The zero-order valence-corrected chi connectivity index (χ0v) is 9.33. The molecule has 2 heterocycles. The van der Waals surface area contributed by atoms with Gasteiger partial charge in [0, 0.05) is 25.4 Å². The highest BCUT2D eigenvalue weighted by atomic mass is 35.5. The second kappa shape index (κ2) is 3.99. The number of anilines is 1. The third-order valence-corrected chi connectivity index (χ3v) is 2.98. The average Bonchev–Trinajstić information content (AvgIpc) is 2.62. The normalized spacial score (nSPS) is 25.4. The lowest BCUT2D eigenvalue weighted by Gasteiger charge is -2.26. The molecule has 94 valence electrons. The summed E-state index contributed by atoms with van der Waals surface area (Å²) in [5.74, 6) is 0.161. The molecule has 8 heteroatoms. The van der Waals surface area contributed by atoms with Gasteiger partial charge in [-0.25, -0.2) is 9.97 Å². The molecule has 1 aromatic rings. The molecule has 1 atom stereocenters. The van der Waals surface area contributed by atoms with Crippen molar-refractivity contribution in [1.82, 2.24) is 9.97 Å². The predicted molar refractivity (Wildman–Crippen MR) is 54.9 cm³/mol. The summed E-state index contributed by atoms with van der Waals surface area (Å²) in [6.07, 6.45) is -2.37. The third-order valence-electron chi connectivity index (χ3n) is 2.71. The van der Waals surface area contributed by atoms with Gasteiger partial charge in [-0.1, -0.05) is 11.6 Å². The number of aliphatic hydroxyl groups is 1. The van der Waals surface area contributed by atoms with Gasteiger partial charge in [-0.2, -0.15) is 13.2 Å². The Morgan fingerprint density at radius 3 is 2.53 bits per heavy atom.